The smallest absolute Gasteiger partial charge is 0.497 e. The van der Waals surface area contributed by atoms with Gasteiger partial charge in [-0.3, -0.25) is 13.6 Å². The van der Waals surface area contributed by atoms with E-state index in [0.717, 1.165) is 27.8 Å². The number of allylic oxidation sites excluding steroid dienone is 1. The molecule has 0 spiro atoms. The molecule has 3 aromatic carbocycles. The molecule has 0 saturated carbocycles. The fraction of sp³-hybridized carbons (Fsp3) is 0.222. The Bertz CT molecular complexity index is 1410. The van der Waals surface area contributed by atoms with Crippen molar-refractivity contribution in [3.05, 3.63) is 94.8 Å². The summed E-state index contributed by atoms with van der Waals surface area (Å²) in [5.41, 5.74) is 2.72. The van der Waals surface area contributed by atoms with E-state index in [9.17, 15) is 4.57 Å². The summed E-state index contributed by atoms with van der Waals surface area (Å²) in [7, 11) is 1.57. The van der Waals surface area contributed by atoms with Crippen LogP contribution in [0.2, 0.25) is 0 Å². The van der Waals surface area contributed by atoms with E-state index in [-0.39, 0.29) is 6.16 Å². The average molecular weight is 637 g/mol. The highest BCUT2D eigenvalue weighted by molar-refractivity contribution is 8.05. The van der Waals surface area contributed by atoms with Crippen LogP contribution < -0.4 is 13.8 Å². The second-order valence-corrected chi connectivity index (χ2v) is 15.2. The maximum Gasteiger partial charge on any atom is 0.540 e. The van der Waals surface area contributed by atoms with Crippen molar-refractivity contribution in [3.8, 4) is 17.2 Å². The first-order valence-corrected chi connectivity index (χ1v) is 18.2. The molecule has 40 heavy (non-hydrogen) atoms. The summed E-state index contributed by atoms with van der Waals surface area (Å²) in [5.74, 6) is 2.10. The topological polar surface area (TPSA) is 78.8 Å². The maximum atomic E-state index is 12.3. The normalized spacial score (nSPS) is 12.7. The van der Waals surface area contributed by atoms with Gasteiger partial charge in [-0.25, -0.2) is 0 Å². The van der Waals surface area contributed by atoms with E-state index in [0.29, 0.717) is 11.5 Å². The quantitative estimate of drug-likeness (QED) is 0.0991. The van der Waals surface area contributed by atoms with Crippen molar-refractivity contribution in [2.24, 2.45) is 5.10 Å². The van der Waals surface area contributed by atoms with Crippen LogP contribution in [0.25, 0.3) is 6.08 Å². The molecular weight excluding hydrogens is 605 g/mol. The van der Waals surface area contributed by atoms with E-state index in [1.165, 1.54) is 14.2 Å². The second kappa shape index (κ2) is 15.5. The Morgan fingerprint density at radius 3 is 1.95 bits per heavy atom. The Balaban J connectivity index is 1.52. The number of nitrogens with zero attached hydrogens (tertiary/aromatic N) is 2. The Morgan fingerprint density at radius 1 is 0.850 bits per heavy atom. The molecule has 2 atom stereocenters. The van der Waals surface area contributed by atoms with Gasteiger partial charge in [-0.05, 0) is 71.3 Å². The van der Waals surface area contributed by atoms with Gasteiger partial charge in [0.15, 0.2) is 16.8 Å². The van der Waals surface area contributed by atoms with Gasteiger partial charge in [-0.1, -0.05) is 29.0 Å². The van der Waals surface area contributed by atoms with Gasteiger partial charge < -0.3 is 13.8 Å². The van der Waals surface area contributed by atoms with Gasteiger partial charge in [0.05, 0.1) is 26.5 Å². The molecule has 0 heterocycles. The van der Waals surface area contributed by atoms with Gasteiger partial charge >= 0.3 is 21.6 Å². The lowest BCUT2D eigenvalue weighted by molar-refractivity contribution is 0.275. The zero-order chi connectivity index (χ0) is 29.1. The molecule has 210 valence electrons. The monoisotopic (exact) mass is 636 g/mol. The van der Waals surface area contributed by atoms with Gasteiger partial charge in [0.1, 0.15) is 5.75 Å². The molecular formula is C27H31N2O6P3S2+2. The highest BCUT2D eigenvalue weighted by Crippen LogP contribution is 2.49. The van der Waals surface area contributed by atoms with Crippen LogP contribution in [0.1, 0.15) is 23.6 Å². The summed E-state index contributed by atoms with van der Waals surface area (Å²) in [6.07, 6.45) is 3.90. The third kappa shape index (κ3) is 9.83. The van der Waals surface area contributed by atoms with Gasteiger partial charge in [-0.2, -0.15) is 0 Å². The van der Waals surface area contributed by atoms with Crippen LogP contribution in [0, 0.1) is 0 Å². The lowest BCUT2D eigenvalue weighted by atomic mass is 10.2. The van der Waals surface area contributed by atoms with Crippen LogP contribution in [0.15, 0.2) is 83.2 Å². The van der Waals surface area contributed by atoms with Crippen LogP contribution >= 0.6 is 21.6 Å². The van der Waals surface area contributed by atoms with E-state index < -0.39 is 21.6 Å². The molecule has 3 rings (SSSR count). The third-order valence-corrected chi connectivity index (χ3v) is 11.4. The molecule has 0 fully saturated rings. The summed E-state index contributed by atoms with van der Waals surface area (Å²) in [6, 6.07) is 22.5. The van der Waals surface area contributed by atoms with E-state index in [1.54, 1.807) is 49.4 Å². The van der Waals surface area contributed by atoms with Gasteiger partial charge in [0.25, 0.3) is 0 Å². The first kappa shape index (κ1) is 32.0. The molecule has 13 heteroatoms. The number of hydrazone groups is 1. The summed E-state index contributed by atoms with van der Waals surface area (Å²) < 4.78 is 40.9. The van der Waals surface area contributed by atoms with Crippen molar-refractivity contribution in [2.45, 2.75) is 13.1 Å². The second-order valence-electron chi connectivity index (χ2n) is 8.32. The summed E-state index contributed by atoms with van der Waals surface area (Å²) in [6.45, 7) is 0.768. The highest BCUT2D eigenvalue weighted by atomic mass is 32.4. The third-order valence-electron chi connectivity index (χ3n) is 5.50. The number of rotatable bonds is 14. The van der Waals surface area contributed by atoms with Crippen LogP contribution in [0.5, 0.6) is 17.2 Å². The minimum Gasteiger partial charge on any atom is -0.497 e. The predicted octanol–water partition coefficient (Wildman–Crippen LogP) is 8.10. The molecule has 0 radical (unpaired) electrons. The summed E-state index contributed by atoms with van der Waals surface area (Å²) in [5, 5.41) is 5.41. The molecule has 0 aliphatic heterocycles. The van der Waals surface area contributed by atoms with Gasteiger partial charge in [0.2, 0.25) is 23.6 Å². The molecule has 8 nitrogen and oxygen atoms in total. The first-order valence-electron chi connectivity index (χ1n) is 11.9. The van der Waals surface area contributed by atoms with Crippen molar-refractivity contribution in [3.63, 3.8) is 0 Å². The summed E-state index contributed by atoms with van der Waals surface area (Å²) in [4.78, 5) is 0. The van der Waals surface area contributed by atoms with Crippen molar-refractivity contribution in [2.75, 3.05) is 28.4 Å². The molecule has 0 amide bonds. The Morgan fingerprint density at radius 2 is 1.38 bits per heavy atom. The average Bonchev–Trinajstić information content (AvgIpc) is 2.97. The fourth-order valence-electron chi connectivity index (χ4n) is 3.20. The predicted molar refractivity (Wildman–Crippen MR) is 170 cm³/mol. The van der Waals surface area contributed by atoms with Crippen molar-refractivity contribution in [1.82, 2.24) is 4.78 Å². The molecule has 0 aliphatic rings. The number of methoxy groups -OCH3 is 1. The lowest BCUT2D eigenvalue weighted by Crippen LogP contribution is -2.03. The maximum absolute atomic E-state index is 12.3. The SMILES string of the molecule is COc1ccc(/C=C(\C)[P+](=S)Oc2ccc(/C=N/N(C)[P+](=S)Oc3ccc(CP(=O)(OC)OC)cc3)cc2)cc1. The van der Waals surface area contributed by atoms with Crippen LogP contribution in [-0.2, 0) is 43.4 Å². The minimum absolute atomic E-state index is 0.172. The van der Waals surface area contributed by atoms with E-state index in [4.69, 9.17) is 46.4 Å². The van der Waals surface area contributed by atoms with E-state index in [2.05, 4.69) is 5.10 Å². The number of benzene rings is 3. The number of hydrogen-bond acceptors (Lipinski definition) is 9. The first-order chi connectivity index (χ1) is 19.1. The lowest BCUT2D eigenvalue weighted by Gasteiger charge is -2.13. The van der Waals surface area contributed by atoms with Crippen molar-refractivity contribution >= 4 is 57.5 Å². The zero-order valence-electron chi connectivity index (χ0n) is 22.8. The molecule has 0 saturated heterocycles. The molecule has 0 bridgehead atoms. The Kier molecular flexibility index (Phi) is 12.4. The van der Waals surface area contributed by atoms with Gasteiger partial charge in [0, 0.05) is 21.1 Å². The molecule has 0 N–H and O–H groups in total. The number of ether oxygens (including phenoxy) is 1. The standard InChI is InChI=1S/C27H31N2O6P3S2/c1-21(18-22-6-12-25(31-3)13-7-22)36(39)34-26-14-8-23(9-15-26)19-28-29(2)37(40)35-27-16-10-24(11-17-27)20-38(30,32-4)33-5/h6-19H,20H2,1-5H3/q+2/b21-18+,28-19+. The van der Waals surface area contributed by atoms with Crippen molar-refractivity contribution in [1.29, 1.82) is 0 Å². The van der Waals surface area contributed by atoms with Crippen LogP contribution in [0.4, 0.5) is 0 Å². The molecule has 0 aliphatic carbocycles. The fourth-order valence-corrected chi connectivity index (χ4v) is 6.34. The minimum atomic E-state index is -3.13. The zero-order valence-corrected chi connectivity index (χ0v) is 27.1. The van der Waals surface area contributed by atoms with E-state index >= 15 is 0 Å². The van der Waals surface area contributed by atoms with Gasteiger partial charge in [-0.15, -0.1) is 5.10 Å². The highest BCUT2D eigenvalue weighted by Gasteiger charge is 2.23. The molecule has 0 aromatic heterocycles. The van der Waals surface area contributed by atoms with Crippen molar-refractivity contribution < 1.29 is 27.4 Å². The Labute approximate surface area is 247 Å². The summed E-state index contributed by atoms with van der Waals surface area (Å²) >= 11 is 11.1. The molecule has 2 unspecified atom stereocenters. The van der Waals surface area contributed by atoms with Crippen LogP contribution in [0.3, 0.4) is 0 Å². The number of hydrogen-bond donors (Lipinski definition) is 0. The van der Waals surface area contributed by atoms with E-state index in [1.807, 2.05) is 61.5 Å². The largest absolute Gasteiger partial charge is 0.540 e. The Hall–Kier alpha value is -2.54. The molecule has 3 aromatic rings. The van der Waals surface area contributed by atoms with Crippen LogP contribution in [-0.4, -0.2) is 39.4 Å².